The molecule has 0 bridgehead atoms. The summed E-state index contributed by atoms with van der Waals surface area (Å²) in [5.74, 6) is 1.47. The Morgan fingerprint density at radius 3 is 1.41 bits per heavy atom. The highest BCUT2D eigenvalue weighted by atomic mass is 32.1. The number of fused-ring (bicyclic) bond motifs is 14. The standard InChI is InChI=1S/C65H35N7S2/c66-36-41-16-4-5-17-43(41)44-29-28-40(35-56(44)72-52-23-11-7-21-50(52)60-54(72)33-31-48-46-19-9-13-25-58(46)74-62(48)60)65-69-63(38-14-2-1-3-15-38)68-64(70-65)39-26-27-42(37-67)55(34-39)71-51-22-10-6-20-49(51)59-53(71)32-30-47-45-18-8-12-24-57(45)73-61(47)59/h1-35H. The van der Waals surface area contributed by atoms with Crippen molar-refractivity contribution in [1.29, 1.82) is 10.5 Å². The van der Waals surface area contributed by atoms with Crippen LogP contribution >= 0.6 is 22.7 Å². The highest BCUT2D eigenvalue weighted by molar-refractivity contribution is 7.27. The minimum atomic E-state index is 0.469. The van der Waals surface area contributed by atoms with Gasteiger partial charge in [-0.1, -0.05) is 146 Å². The third-order valence-corrected chi connectivity index (χ3v) is 16.9. The number of hydrogen-bond acceptors (Lipinski definition) is 7. The number of benzene rings is 10. The van der Waals surface area contributed by atoms with Crippen molar-refractivity contribution >= 4 is 107 Å². The fraction of sp³-hybridized carbons (Fsp3) is 0. The van der Waals surface area contributed by atoms with Crippen molar-refractivity contribution in [2.45, 2.75) is 0 Å². The Morgan fingerprint density at radius 1 is 0.338 bits per heavy atom. The van der Waals surface area contributed by atoms with Gasteiger partial charge in [0.2, 0.25) is 0 Å². The van der Waals surface area contributed by atoms with E-state index in [0.29, 0.717) is 28.6 Å². The van der Waals surface area contributed by atoms with E-state index in [1.165, 1.54) is 45.7 Å². The van der Waals surface area contributed by atoms with E-state index in [2.05, 4.69) is 161 Å². The Hall–Kier alpha value is -9.77. The Bertz CT molecular complexity index is 4950. The molecule has 0 aliphatic rings. The minimum absolute atomic E-state index is 0.469. The second-order valence-corrected chi connectivity index (χ2v) is 20.6. The van der Waals surface area contributed by atoms with Crippen LogP contribution in [-0.4, -0.2) is 24.1 Å². The molecule has 342 valence electrons. The Labute approximate surface area is 431 Å². The fourth-order valence-electron chi connectivity index (χ4n) is 11.2. The van der Waals surface area contributed by atoms with Gasteiger partial charge in [-0.3, -0.25) is 0 Å². The van der Waals surface area contributed by atoms with Crippen LogP contribution in [-0.2, 0) is 0 Å². The first-order valence-corrected chi connectivity index (χ1v) is 25.9. The molecular weight excluding hydrogens is 943 g/mol. The maximum atomic E-state index is 10.8. The van der Waals surface area contributed by atoms with Gasteiger partial charge in [-0.15, -0.1) is 22.7 Å². The molecule has 5 heterocycles. The van der Waals surface area contributed by atoms with E-state index >= 15 is 0 Å². The van der Waals surface area contributed by atoms with E-state index in [0.717, 1.165) is 77.4 Å². The summed E-state index contributed by atoms with van der Waals surface area (Å²) in [5.41, 5.74) is 11.0. The SMILES string of the molecule is N#Cc1ccccc1-c1ccc(-c2nc(-c3ccccc3)nc(-c3ccc(C#N)c(-n4c5ccccc5c5c6sc7ccccc7c6ccc54)c3)n2)cc1-n1c2ccccc2c2c3sc4ccccc4c3ccc21. The molecule has 0 fully saturated rings. The summed E-state index contributed by atoms with van der Waals surface area (Å²) in [4.78, 5) is 15.8. The average Bonchev–Trinajstić information content (AvgIpc) is 4.23. The first kappa shape index (κ1) is 42.0. The summed E-state index contributed by atoms with van der Waals surface area (Å²) in [5, 5.41) is 30.9. The Morgan fingerprint density at radius 2 is 0.811 bits per heavy atom. The van der Waals surface area contributed by atoms with E-state index in [-0.39, 0.29) is 0 Å². The summed E-state index contributed by atoms with van der Waals surface area (Å²) in [7, 11) is 0. The van der Waals surface area contributed by atoms with Gasteiger partial charge in [-0.05, 0) is 66.7 Å². The maximum Gasteiger partial charge on any atom is 0.164 e. The minimum Gasteiger partial charge on any atom is -0.309 e. The summed E-state index contributed by atoms with van der Waals surface area (Å²) in [6.45, 7) is 0. The van der Waals surface area contributed by atoms with Crippen LogP contribution in [0.3, 0.4) is 0 Å². The van der Waals surface area contributed by atoms with Gasteiger partial charge < -0.3 is 9.13 Å². The summed E-state index contributed by atoms with van der Waals surface area (Å²) >= 11 is 3.63. The molecule has 15 rings (SSSR count). The molecule has 74 heavy (non-hydrogen) atoms. The molecule has 15 aromatic rings. The van der Waals surface area contributed by atoms with E-state index in [4.69, 9.17) is 15.0 Å². The highest BCUT2D eigenvalue weighted by Gasteiger charge is 2.24. The van der Waals surface area contributed by atoms with Crippen molar-refractivity contribution in [3.63, 3.8) is 0 Å². The molecule has 7 nitrogen and oxygen atoms in total. The third kappa shape index (κ3) is 6.25. The molecule has 0 N–H and O–H groups in total. The molecule has 0 saturated heterocycles. The van der Waals surface area contributed by atoms with Gasteiger partial charge in [0.25, 0.3) is 0 Å². The van der Waals surface area contributed by atoms with Crippen LogP contribution in [0.25, 0.3) is 141 Å². The first-order chi connectivity index (χ1) is 36.6. The lowest BCUT2D eigenvalue weighted by atomic mass is 9.96. The molecule has 0 unspecified atom stereocenters. The van der Waals surface area contributed by atoms with Gasteiger partial charge in [0, 0.05) is 89.7 Å². The van der Waals surface area contributed by atoms with E-state index in [9.17, 15) is 10.5 Å². The van der Waals surface area contributed by atoms with Crippen molar-refractivity contribution in [2.75, 3.05) is 0 Å². The molecule has 0 atom stereocenters. The van der Waals surface area contributed by atoms with Gasteiger partial charge in [-0.2, -0.15) is 10.5 Å². The summed E-state index contributed by atoms with van der Waals surface area (Å²) < 4.78 is 9.50. The number of thiophene rings is 2. The average molecular weight is 978 g/mol. The van der Waals surface area contributed by atoms with Crippen molar-refractivity contribution < 1.29 is 0 Å². The van der Waals surface area contributed by atoms with Crippen molar-refractivity contribution in [1.82, 2.24) is 24.1 Å². The third-order valence-electron chi connectivity index (χ3n) is 14.5. The van der Waals surface area contributed by atoms with Gasteiger partial charge in [-0.25, -0.2) is 15.0 Å². The van der Waals surface area contributed by atoms with Crippen LogP contribution in [0.15, 0.2) is 212 Å². The number of hydrogen-bond donors (Lipinski definition) is 0. The Balaban J connectivity index is 0.970. The van der Waals surface area contributed by atoms with Crippen molar-refractivity contribution in [3.8, 4) is 68.8 Å². The largest absolute Gasteiger partial charge is 0.309 e. The van der Waals surface area contributed by atoms with E-state index in [1.54, 1.807) is 11.3 Å². The normalized spacial score (nSPS) is 11.8. The zero-order chi connectivity index (χ0) is 49.0. The second-order valence-electron chi connectivity index (χ2n) is 18.5. The summed E-state index contributed by atoms with van der Waals surface area (Å²) in [6.07, 6.45) is 0. The van der Waals surface area contributed by atoms with Crippen LogP contribution in [0.4, 0.5) is 0 Å². The zero-order valence-corrected chi connectivity index (χ0v) is 40.8. The second kappa shape index (κ2) is 16.4. The van der Waals surface area contributed by atoms with Gasteiger partial charge >= 0.3 is 0 Å². The number of nitrogens with zero attached hydrogens (tertiary/aromatic N) is 7. The van der Waals surface area contributed by atoms with Crippen LogP contribution in [0.5, 0.6) is 0 Å². The van der Waals surface area contributed by atoms with Crippen LogP contribution in [0.1, 0.15) is 11.1 Å². The van der Waals surface area contributed by atoms with Crippen LogP contribution in [0.2, 0.25) is 0 Å². The number of para-hydroxylation sites is 2. The molecule has 0 radical (unpaired) electrons. The van der Waals surface area contributed by atoms with E-state index < -0.39 is 0 Å². The first-order valence-electron chi connectivity index (χ1n) is 24.3. The molecule has 5 aromatic heterocycles. The molecule has 9 heteroatoms. The quantitative estimate of drug-likeness (QED) is 0.165. The van der Waals surface area contributed by atoms with E-state index in [1.807, 2.05) is 84.1 Å². The molecule has 0 amide bonds. The predicted octanol–water partition coefficient (Wildman–Crippen LogP) is 17.2. The zero-order valence-electron chi connectivity index (χ0n) is 39.2. The Kier molecular flexibility index (Phi) is 9.29. The topological polar surface area (TPSA) is 96.1 Å². The molecule has 0 saturated carbocycles. The molecule has 0 aliphatic carbocycles. The lowest BCUT2D eigenvalue weighted by molar-refractivity contribution is 1.07. The van der Waals surface area contributed by atoms with Gasteiger partial charge in [0.1, 0.15) is 6.07 Å². The van der Waals surface area contributed by atoms with Crippen molar-refractivity contribution in [2.24, 2.45) is 0 Å². The van der Waals surface area contributed by atoms with Crippen LogP contribution in [0, 0.1) is 22.7 Å². The lowest BCUT2D eigenvalue weighted by Gasteiger charge is -2.17. The number of aromatic nitrogens is 5. The highest BCUT2D eigenvalue weighted by Crippen LogP contribution is 2.47. The maximum absolute atomic E-state index is 10.8. The molecule has 0 aliphatic heterocycles. The molecule has 10 aromatic carbocycles. The summed E-state index contributed by atoms with van der Waals surface area (Å²) in [6, 6.07) is 78.1. The molecular formula is C65H35N7S2. The number of rotatable bonds is 6. The smallest absolute Gasteiger partial charge is 0.164 e. The lowest BCUT2D eigenvalue weighted by Crippen LogP contribution is -2.03. The number of nitriles is 2. The van der Waals surface area contributed by atoms with Gasteiger partial charge in [0.15, 0.2) is 17.5 Å². The molecule has 0 spiro atoms. The van der Waals surface area contributed by atoms with Gasteiger partial charge in [0.05, 0.1) is 50.6 Å². The predicted molar refractivity (Wildman–Crippen MR) is 305 cm³/mol. The monoisotopic (exact) mass is 977 g/mol. The van der Waals surface area contributed by atoms with Crippen LogP contribution < -0.4 is 0 Å². The fourth-order valence-corrected chi connectivity index (χ4v) is 13.7. The van der Waals surface area contributed by atoms with Crippen molar-refractivity contribution in [3.05, 3.63) is 223 Å².